The summed E-state index contributed by atoms with van der Waals surface area (Å²) < 4.78 is 29.9. The van der Waals surface area contributed by atoms with Gasteiger partial charge in [-0.15, -0.1) is 0 Å². The van der Waals surface area contributed by atoms with E-state index in [9.17, 15) is 13.2 Å². The van der Waals surface area contributed by atoms with Gasteiger partial charge >= 0.3 is 0 Å². The van der Waals surface area contributed by atoms with E-state index in [1.165, 1.54) is 4.31 Å². The van der Waals surface area contributed by atoms with Gasteiger partial charge in [-0.25, -0.2) is 8.42 Å². The first-order valence-electron chi connectivity index (χ1n) is 9.87. The van der Waals surface area contributed by atoms with E-state index in [4.69, 9.17) is 0 Å². The Balaban J connectivity index is 1.88. The molecule has 158 valence electrons. The summed E-state index contributed by atoms with van der Waals surface area (Å²) in [4.78, 5) is 18.9. The minimum Gasteiger partial charge on any atom is -0.344 e. The van der Waals surface area contributed by atoms with E-state index in [-0.39, 0.29) is 23.9 Å². The number of amides is 1. The summed E-state index contributed by atoms with van der Waals surface area (Å²) in [6, 6.07) is 5.55. The van der Waals surface area contributed by atoms with Gasteiger partial charge in [-0.3, -0.25) is 14.5 Å². The summed E-state index contributed by atoms with van der Waals surface area (Å²) in [7, 11) is -2.03. The number of likely N-dealkylation sites (N-methyl/N-ethyl adjacent to an activating group) is 1. The predicted molar refractivity (Wildman–Crippen MR) is 110 cm³/mol. The van der Waals surface area contributed by atoms with Crippen molar-refractivity contribution < 1.29 is 13.2 Å². The highest BCUT2D eigenvalue weighted by molar-refractivity contribution is 7.89. The second-order valence-corrected chi connectivity index (χ2v) is 9.95. The van der Waals surface area contributed by atoms with Crippen LogP contribution in [-0.2, 0) is 27.8 Å². The molecule has 0 bridgehead atoms. The van der Waals surface area contributed by atoms with E-state index in [0.29, 0.717) is 31.1 Å². The van der Waals surface area contributed by atoms with Gasteiger partial charge in [0, 0.05) is 57.7 Å². The molecule has 1 amide bonds. The molecular formula is C20H29N5O3S. The minimum atomic E-state index is -3.75. The first-order chi connectivity index (χ1) is 13.7. The Morgan fingerprint density at radius 2 is 2.00 bits per heavy atom. The second kappa shape index (κ2) is 8.62. The molecule has 1 aliphatic rings. The molecule has 0 spiro atoms. The van der Waals surface area contributed by atoms with Crippen molar-refractivity contribution >= 4 is 15.9 Å². The predicted octanol–water partition coefficient (Wildman–Crippen LogP) is 1.56. The molecule has 0 saturated carbocycles. The number of carbonyl (C=O) groups is 1. The summed E-state index contributed by atoms with van der Waals surface area (Å²) in [5.74, 6) is -0.171. The van der Waals surface area contributed by atoms with Crippen molar-refractivity contribution in [2.45, 2.75) is 38.6 Å². The second-order valence-electron chi connectivity index (χ2n) is 8.04. The van der Waals surface area contributed by atoms with Crippen LogP contribution in [0, 0.1) is 18.8 Å². The van der Waals surface area contributed by atoms with Gasteiger partial charge in [0.05, 0.1) is 11.6 Å². The SMILES string of the molecule is Cc1nn(CC(C)C)cc1S(=O)(=O)N1CCN(C)C(=O)[C@H](Cc2ccccn2)C1. The Kier molecular flexibility index (Phi) is 6.38. The van der Waals surface area contributed by atoms with Crippen molar-refractivity contribution in [1.29, 1.82) is 0 Å². The van der Waals surface area contributed by atoms with Gasteiger partial charge in [-0.1, -0.05) is 19.9 Å². The largest absolute Gasteiger partial charge is 0.344 e. The van der Waals surface area contributed by atoms with Crippen molar-refractivity contribution in [3.05, 3.63) is 42.0 Å². The first kappa shape index (κ1) is 21.4. The lowest BCUT2D eigenvalue weighted by atomic mass is 10.0. The standard InChI is InChI=1S/C20H29N5O3S/c1-15(2)12-24-14-19(16(3)22-24)29(27,28)25-10-9-23(4)20(26)17(13-25)11-18-7-5-6-8-21-18/h5-8,14-15,17H,9-13H2,1-4H3/t17-/m1/s1. The molecule has 2 aromatic rings. The average molecular weight is 420 g/mol. The van der Waals surface area contributed by atoms with Crippen LogP contribution in [0.3, 0.4) is 0 Å². The van der Waals surface area contributed by atoms with E-state index >= 15 is 0 Å². The van der Waals surface area contributed by atoms with Gasteiger partial charge in [0.1, 0.15) is 4.90 Å². The van der Waals surface area contributed by atoms with E-state index < -0.39 is 15.9 Å². The normalized spacial score (nSPS) is 19.0. The maximum absolute atomic E-state index is 13.4. The molecule has 9 heteroatoms. The molecule has 3 rings (SSSR count). The topological polar surface area (TPSA) is 88.4 Å². The van der Waals surface area contributed by atoms with Crippen molar-refractivity contribution in [1.82, 2.24) is 24.0 Å². The molecule has 0 unspecified atom stereocenters. The average Bonchev–Trinajstić information content (AvgIpc) is 2.97. The molecule has 3 heterocycles. The first-order valence-corrected chi connectivity index (χ1v) is 11.3. The monoisotopic (exact) mass is 419 g/mol. The zero-order valence-corrected chi connectivity index (χ0v) is 18.3. The van der Waals surface area contributed by atoms with Crippen LogP contribution in [0.5, 0.6) is 0 Å². The zero-order chi connectivity index (χ0) is 21.2. The van der Waals surface area contributed by atoms with Crippen LogP contribution >= 0.6 is 0 Å². The summed E-state index contributed by atoms with van der Waals surface area (Å²) >= 11 is 0. The van der Waals surface area contributed by atoms with Gasteiger partial charge in [-0.05, 0) is 25.0 Å². The highest BCUT2D eigenvalue weighted by Gasteiger charge is 2.36. The van der Waals surface area contributed by atoms with Crippen LogP contribution in [-0.4, -0.2) is 65.0 Å². The molecule has 2 aromatic heterocycles. The van der Waals surface area contributed by atoms with Crippen LogP contribution < -0.4 is 0 Å². The Morgan fingerprint density at radius 3 is 2.66 bits per heavy atom. The Labute approximate surface area is 172 Å². The Morgan fingerprint density at radius 1 is 1.24 bits per heavy atom. The molecule has 29 heavy (non-hydrogen) atoms. The van der Waals surface area contributed by atoms with Gasteiger partial charge < -0.3 is 4.90 Å². The van der Waals surface area contributed by atoms with Crippen LogP contribution in [0.2, 0.25) is 0 Å². The van der Waals surface area contributed by atoms with Gasteiger partial charge in [-0.2, -0.15) is 9.40 Å². The minimum absolute atomic E-state index is 0.0550. The number of carbonyl (C=O) groups excluding carboxylic acids is 1. The van der Waals surface area contributed by atoms with Crippen molar-refractivity contribution in [2.24, 2.45) is 11.8 Å². The smallest absolute Gasteiger partial charge is 0.246 e. The molecule has 1 fully saturated rings. The highest BCUT2D eigenvalue weighted by Crippen LogP contribution is 2.24. The fourth-order valence-corrected chi connectivity index (χ4v) is 5.25. The molecule has 1 aliphatic heterocycles. The van der Waals surface area contributed by atoms with Crippen LogP contribution in [0.4, 0.5) is 0 Å². The number of nitrogens with zero attached hydrogens (tertiary/aromatic N) is 5. The van der Waals surface area contributed by atoms with Crippen molar-refractivity contribution in [2.75, 3.05) is 26.7 Å². The molecule has 0 N–H and O–H groups in total. The van der Waals surface area contributed by atoms with Crippen LogP contribution in [0.25, 0.3) is 0 Å². The third-order valence-electron chi connectivity index (χ3n) is 5.09. The number of rotatable bonds is 6. The summed E-state index contributed by atoms with van der Waals surface area (Å²) in [5.41, 5.74) is 1.26. The van der Waals surface area contributed by atoms with Crippen molar-refractivity contribution in [3.8, 4) is 0 Å². The van der Waals surface area contributed by atoms with Gasteiger partial charge in [0.25, 0.3) is 0 Å². The van der Waals surface area contributed by atoms with Gasteiger partial charge in [0.15, 0.2) is 0 Å². The fourth-order valence-electron chi connectivity index (χ4n) is 3.60. The Bertz CT molecular complexity index is 956. The number of hydrogen-bond donors (Lipinski definition) is 0. The van der Waals surface area contributed by atoms with Gasteiger partial charge in [0.2, 0.25) is 15.9 Å². The van der Waals surface area contributed by atoms with Crippen molar-refractivity contribution in [3.63, 3.8) is 0 Å². The molecule has 0 aliphatic carbocycles. The molecule has 8 nitrogen and oxygen atoms in total. The maximum Gasteiger partial charge on any atom is 0.246 e. The lowest BCUT2D eigenvalue weighted by Crippen LogP contribution is -2.37. The molecule has 0 radical (unpaired) electrons. The summed E-state index contributed by atoms with van der Waals surface area (Å²) in [6.45, 7) is 7.24. The number of hydrogen-bond acceptors (Lipinski definition) is 5. The lowest BCUT2D eigenvalue weighted by Gasteiger charge is -2.22. The number of aromatic nitrogens is 3. The van der Waals surface area contributed by atoms with E-state index in [1.54, 1.807) is 35.9 Å². The quantitative estimate of drug-likeness (QED) is 0.709. The van der Waals surface area contributed by atoms with Crippen LogP contribution in [0.1, 0.15) is 25.2 Å². The fraction of sp³-hybridized carbons (Fsp3) is 0.550. The highest BCUT2D eigenvalue weighted by atomic mass is 32.2. The third-order valence-corrected chi connectivity index (χ3v) is 7.06. The van der Waals surface area contributed by atoms with Crippen LogP contribution in [0.15, 0.2) is 35.5 Å². The number of sulfonamides is 1. The van der Waals surface area contributed by atoms with E-state index in [1.807, 2.05) is 18.2 Å². The molecule has 0 aromatic carbocycles. The molecular weight excluding hydrogens is 390 g/mol. The Hall–Kier alpha value is -2.26. The summed E-state index contributed by atoms with van der Waals surface area (Å²) in [5, 5.41) is 4.38. The maximum atomic E-state index is 13.4. The van der Waals surface area contributed by atoms with E-state index in [2.05, 4.69) is 23.9 Å². The number of pyridine rings is 1. The third kappa shape index (κ3) is 4.84. The lowest BCUT2D eigenvalue weighted by molar-refractivity contribution is -0.133. The number of aryl methyl sites for hydroxylation is 1. The zero-order valence-electron chi connectivity index (χ0n) is 17.4. The molecule has 1 saturated heterocycles. The van der Waals surface area contributed by atoms with E-state index in [0.717, 1.165) is 5.69 Å². The summed E-state index contributed by atoms with van der Waals surface area (Å²) in [6.07, 6.45) is 3.69. The molecule has 1 atom stereocenters.